The Balaban J connectivity index is 1.33. The van der Waals surface area contributed by atoms with E-state index in [4.69, 9.17) is 4.98 Å². The molecule has 1 atom stereocenters. The topological polar surface area (TPSA) is 73.1 Å². The molecule has 2 aromatic heterocycles. The van der Waals surface area contributed by atoms with Crippen LogP contribution in [0.25, 0.3) is 17.2 Å². The minimum Gasteiger partial charge on any atom is -0.352 e. The van der Waals surface area contributed by atoms with Crippen molar-refractivity contribution in [3.05, 3.63) is 47.4 Å². The minimum absolute atomic E-state index is 0.235. The van der Waals surface area contributed by atoms with Gasteiger partial charge in [-0.15, -0.1) is 0 Å². The highest BCUT2D eigenvalue weighted by atomic mass is 16.2. The Bertz CT molecular complexity index is 1230. The summed E-state index contributed by atoms with van der Waals surface area (Å²) in [6.07, 6.45) is 12.6. The number of hydrogen-bond donors (Lipinski definition) is 0. The quantitative estimate of drug-likeness (QED) is 0.500. The van der Waals surface area contributed by atoms with Gasteiger partial charge in [-0.2, -0.15) is 5.26 Å². The van der Waals surface area contributed by atoms with Crippen LogP contribution in [0.2, 0.25) is 0 Å². The fourth-order valence-electron chi connectivity index (χ4n) is 5.88. The summed E-state index contributed by atoms with van der Waals surface area (Å²) < 4.78 is 0. The second-order valence-corrected chi connectivity index (χ2v) is 11.2. The van der Waals surface area contributed by atoms with Crippen molar-refractivity contribution in [3.8, 4) is 17.2 Å². The molecule has 36 heavy (non-hydrogen) atoms. The maximum atomic E-state index is 13.1. The van der Waals surface area contributed by atoms with Gasteiger partial charge in [-0.25, -0.2) is 4.98 Å². The monoisotopic (exact) mass is 481 g/mol. The summed E-state index contributed by atoms with van der Waals surface area (Å²) in [6.45, 7) is 8.17. The second kappa shape index (κ2) is 9.35. The van der Waals surface area contributed by atoms with Crippen LogP contribution < -0.4 is 4.90 Å². The molecule has 6 nitrogen and oxygen atoms in total. The smallest absolute Gasteiger partial charge is 0.222 e. The lowest BCUT2D eigenvalue weighted by molar-refractivity contribution is -0.134. The van der Waals surface area contributed by atoms with Crippen LogP contribution in [0, 0.1) is 30.1 Å². The first-order valence-corrected chi connectivity index (χ1v) is 13.6. The van der Waals surface area contributed by atoms with Crippen molar-refractivity contribution in [2.24, 2.45) is 11.8 Å². The van der Waals surface area contributed by atoms with Crippen LogP contribution >= 0.6 is 0 Å². The second-order valence-electron chi connectivity index (χ2n) is 11.2. The predicted molar refractivity (Wildman–Crippen MR) is 141 cm³/mol. The molecule has 4 aliphatic rings. The molecule has 186 valence electrons. The zero-order valence-electron chi connectivity index (χ0n) is 21.2. The van der Waals surface area contributed by atoms with E-state index in [9.17, 15) is 10.1 Å². The number of aromatic nitrogens is 2. The molecule has 0 aromatic carbocycles. The summed E-state index contributed by atoms with van der Waals surface area (Å²) in [5, 5.41) is 10.3. The number of piperazine rings is 1. The maximum Gasteiger partial charge on any atom is 0.222 e. The van der Waals surface area contributed by atoms with Crippen molar-refractivity contribution in [2.45, 2.75) is 70.3 Å². The molecule has 3 heterocycles. The number of carbonyl (C=O) groups excluding carboxylic acids is 1. The van der Waals surface area contributed by atoms with E-state index in [0.29, 0.717) is 29.7 Å². The Morgan fingerprint density at radius 3 is 2.69 bits per heavy atom. The molecule has 1 aliphatic heterocycles. The molecule has 0 bridgehead atoms. The third-order valence-corrected chi connectivity index (χ3v) is 8.48. The molecular formula is C30H35N5O. The Hall–Kier alpha value is -3.20. The number of anilines is 1. The first-order valence-electron chi connectivity index (χ1n) is 13.6. The highest BCUT2D eigenvalue weighted by molar-refractivity contribution is 5.79. The van der Waals surface area contributed by atoms with Crippen molar-refractivity contribution in [1.29, 1.82) is 5.26 Å². The number of carbonyl (C=O) groups is 1. The van der Waals surface area contributed by atoms with E-state index in [0.717, 1.165) is 78.7 Å². The summed E-state index contributed by atoms with van der Waals surface area (Å²) in [7, 11) is 0. The molecule has 1 saturated heterocycles. The zero-order chi connectivity index (χ0) is 24.8. The predicted octanol–water partition coefficient (Wildman–Crippen LogP) is 5.46. The molecule has 0 unspecified atom stereocenters. The minimum atomic E-state index is 0.235. The lowest BCUT2D eigenvalue weighted by Gasteiger charge is -2.43. The van der Waals surface area contributed by atoms with E-state index in [1.807, 2.05) is 18.3 Å². The van der Waals surface area contributed by atoms with Crippen molar-refractivity contribution in [1.82, 2.24) is 14.9 Å². The third kappa shape index (κ3) is 4.52. The van der Waals surface area contributed by atoms with Crippen LogP contribution in [0.4, 0.5) is 5.82 Å². The first-order chi connectivity index (χ1) is 17.6. The van der Waals surface area contributed by atoms with Gasteiger partial charge in [0, 0.05) is 43.7 Å². The Morgan fingerprint density at radius 1 is 1.22 bits per heavy atom. The number of amides is 1. The number of nitriles is 1. The molecule has 6 heteroatoms. The lowest BCUT2D eigenvalue weighted by atomic mass is 9.93. The molecule has 0 N–H and O–H groups in total. The first kappa shape index (κ1) is 23.2. The summed E-state index contributed by atoms with van der Waals surface area (Å²) in [5.74, 6) is 2.94. The molecule has 0 radical (unpaired) electrons. The van der Waals surface area contributed by atoms with E-state index >= 15 is 0 Å². The normalized spacial score (nSPS) is 21.8. The van der Waals surface area contributed by atoms with E-state index in [1.165, 1.54) is 25.7 Å². The summed E-state index contributed by atoms with van der Waals surface area (Å²) in [6, 6.07) is 6.79. The van der Waals surface area contributed by atoms with Gasteiger partial charge >= 0.3 is 0 Å². The molecule has 4 fully saturated rings. The van der Waals surface area contributed by atoms with Gasteiger partial charge in [-0.1, -0.05) is 19.4 Å². The van der Waals surface area contributed by atoms with Crippen molar-refractivity contribution >= 4 is 17.8 Å². The summed E-state index contributed by atoms with van der Waals surface area (Å²) >= 11 is 0. The van der Waals surface area contributed by atoms with Gasteiger partial charge in [-0.05, 0) is 80.2 Å². The summed E-state index contributed by atoms with van der Waals surface area (Å²) in [4.78, 5) is 27.2. The third-order valence-electron chi connectivity index (χ3n) is 8.48. The van der Waals surface area contributed by atoms with Crippen LogP contribution in [0.3, 0.4) is 0 Å². The molecule has 2 aromatic rings. The van der Waals surface area contributed by atoms with Gasteiger partial charge in [-0.3, -0.25) is 9.78 Å². The van der Waals surface area contributed by atoms with Crippen molar-refractivity contribution in [3.63, 3.8) is 0 Å². The Labute approximate surface area is 214 Å². The average molecular weight is 482 g/mol. The highest BCUT2D eigenvalue weighted by Crippen LogP contribution is 2.47. The van der Waals surface area contributed by atoms with Crippen LogP contribution in [-0.2, 0) is 4.79 Å². The molecular weight excluding hydrogens is 446 g/mol. The fourth-order valence-corrected chi connectivity index (χ4v) is 5.88. The van der Waals surface area contributed by atoms with Crippen molar-refractivity contribution in [2.75, 3.05) is 24.5 Å². The van der Waals surface area contributed by atoms with Gasteiger partial charge in [0.15, 0.2) is 0 Å². The van der Waals surface area contributed by atoms with Gasteiger partial charge in [0.25, 0.3) is 0 Å². The summed E-state index contributed by atoms with van der Waals surface area (Å²) in [5.41, 5.74) is 5.72. The van der Waals surface area contributed by atoms with E-state index in [2.05, 4.69) is 34.4 Å². The van der Waals surface area contributed by atoms with Crippen LogP contribution in [0.15, 0.2) is 24.9 Å². The van der Waals surface area contributed by atoms with E-state index in [1.54, 1.807) is 6.08 Å². The Kier molecular flexibility index (Phi) is 6.03. The van der Waals surface area contributed by atoms with E-state index in [-0.39, 0.29) is 6.04 Å². The number of nitrogens with zero attached hydrogens (tertiary/aromatic N) is 5. The largest absolute Gasteiger partial charge is 0.352 e. The standard InChI is InChI=1S/C30H35N5O/c1-3-24-16-23(12-13-32-24)28-19(2)25(17-31)30(33-29(28)22-9-10-22)34-14-15-35(26(18-34)21-7-8-21)27(36)11-6-20-4-5-20/h3,12-13,16,20-22,26H,1,4-11,14-15,18H2,2H3/t26-/m0/s1. The van der Waals surface area contributed by atoms with E-state index < -0.39 is 0 Å². The SMILES string of the molecule is C=Cc1cc(-c2c(C3CC3)nc(N3CCN(C(=O)CCC4CC4)[C@H](C4CC4)C3)c(C#N)c2C)ccn1. The molecule has 1 amide bonds. The van der Waals surface area contributed by atoms with Crippen molar-refractivity contribution < 1.29 is 4.79 Å². The number of pyridine rings is 2. The number of hydrogen-bond acceptors (Lipinski definition) is 5. The van der Waals surface area contributed by atoms with Crippen LogP contribution in [-0.4, -0.2) is 46.5 Å². The molecule has 6 rings (SSSR count). The highest BCUT2D eigenvalue weighted by Gasteiger charge is 2.42. The van der Waals surface area contributed by atoms with Gasteiger partial charge in [0.05, 0.1) is 23.0 Å². The van der Waals surface area contributed by atoms with Gasteiger partial charge < -0.3 is 9.80 Å². The molecule has 0 spiro atoms. The Morgan fingerprint density at radius 2 is 2.03 bits per heavy atom. The average Bonchev–Trinajstić information content (AvgIpc) is 3.76. The van der Waals surface area contributed by atoms with Gasteiger partial charge in [0.1, 0.15) is 11.9 Å². The van der Waals surface area contributed by atoms with Gasteiger partial charge in [0.2, 0.25) is 5.91 Å². The fraction of sp³-hybridized carbons (Fsp3) is 0.533. The lowest BCUT2D eigenvalue weighted by Crippen LogP contribution is -2.56. The molecule has 3 aliphatic carbocycles. The van der Waals surface area contributed by atoms with Crippen LogP contribution in [0.1, 0.15) is 79.8 Å². The maximum absolute atomic E-state index is 13.1. The zero-order valence-corrected chi connectivity index (χ0v) is 21.2. The van der Waals surface area contributed by atoms with Crippen LogP contribution in [0.5, 0.6) is 0 Å². The molecule has 3 saturated carbocycles. The number of rotatable bonds is 8.